The number of imidazole rings is 1. The number of nitrogens with one attached hydrogen (secondary N) is 1. The number of rotatable bonds is 5. The zero-order valence-corrected chi connectivity index (χ0v) is 13.2. The van der Waals surface area contributed by atoms with E-state index in [9.17, 15) is 4.79 Å². The van der Waals surface area contributed by atoms with Crippen molar-refractivity contribution in [2.45, 2.75) is 52.2 Å². The van der Waals surface area contributed by atoms with Crippen molar-refractivity contribution in [1.82, 2.24) is 24.6 Å². The summed E-state index contributed by atoms with van der Waals surface area (Å²) in [5, 5.41) is 7.55. The molecule has 21 heavy (non-hydrogen) atoms. The summed E-state index contributed by atoms with van der Waals surface area (Å²) in [6, 6.07) is 0.171. The summed E-state index contributed by atoms with van der Waals surface area (Å²) in [6.07, 6.45) is 2.21. The van der Waals surface area contributed by atoms with Gasteiger partial charge in [0.25, 0.3) is 0 Å². The van der Waals surface area contributed by atoms with Crippen molar-refractivity contribution < 1.29 is 4.79 Å². The summed E-state index contributed by atoms with van der Waals surface area (Å²) in [6.45, 7) is 5.59. The average molecular weight is 310 g/mol. The van der Waals surface area contributed by atoms with Gasteiger partial charge in [0.2, 0.25) is 5.91 Å². The van der Waals surface area contributed by atoms with E-state index >= 15 is 0 Å². The second kappa shape index (κ2) is 5.67. The SMILES string of the molecule is CCn1nc(C)c2nc(CCCl)n(CC3CCC(=O)N3)c21. The Morgan fingerprint density at radius 3 is 2.90 bits per heavy atom. The summed E-state index contributed by atoms with van der Waals surface area (Å²) >= 11 is 5.91. The maximum atomic E-state index is 11.4. The molecule has 1 saturated heterocycles. The second-order valence-electron chi connectivity index (χ2n) is 5.45. The van der Waals surface area contributed by atoms with Gasteiger partial charge in [-0.1, -0.05) is 0 Å². The van der Waals surface area contributed by atoms with Crippen molar-refractivity contribution in [3.63, 3.8) is 0 Å². The Bertz CT molecular complexity index is 674. The number of halogens is 1. The van der Waals surface area contributed by atoms with Crippen molar-refractivity contribution in [2.75, 3.05) is 5.88 Å². The fourth-order valence-electron chi connectivity index (χ4n) is 2.99. The molecule has 3 heterocycles. The number of aromatic nitrogens is 4. The van der Waals surface area contributed by atoms with Crippen LogP contribution in [-0.2, 0) is 24.3 Å². The highest BCUT2D eigenvalue weighted by atomic mass is 35.5. The zero-order valence-electron chi connectivity index (χ0n) is 12.4. The number of hydrogen-bond acceptors (Lipinski definition) is 3. The minimum Gasteiger partial charge on any atom is -0.352 e. The molecule has 1 atom stereocenters. The van der Waals surface area contributed by atoms with E-state index in [2.05, 4.69) is 21.9 Å². The number of aryl methyl sites for hydroxylation is 3. The Labute approximate surface area is 128 Å². The Morgan fingerprint density at radius 1 is 1.48 bits per heavy atom. The van der Waals surface area contributed by atoms with Crippen LogP contribution in [0.1, 0.15) is 31.3 Å². The molecule has 1 aliphatic heterocycles. The number of amides is 1. The maximum Gasteiger partial charge on any atom is 0.220 e. The number of hydrogen-bond donors (Lipinski definition) is 1. The molecular weight excluding hydrogens is 290 g/mol. The zero-order chi connectivity index (χ0) is 15.0. The van der Waals surface area contributed by atoms with Gasteiger partial charge in [0.1, 0.15) is 11.3 Å². The molecule has 1 fully saturated rings. The van der Waals surface area contributed by atoms with Gasteiger partial charge in [-0.25, -0.2) is 9.67 Å². The molecule has 7 heteroatoms. The third-order valence-electron chi connectivity index (χ3n) is 3.98. The first-order valence-electron chi connectivity index (χ1n) is 7.41. The molecule has 1 N–H and O–H groups in total. The highest BCUT2D eigenvalue weighted by Crippen LogP contribution is 2.22. The number of alkyl halides is 1. The van der Waals surface area contributed by atoms with E-state index in [0.29, 0.717) is 12.3 Å². The van der Waals surface area contributed by atoms with E-state index in [1.54, 1.807) is 0 Å². The Hall–Kier alpha value is -1.56. The average Bonchev–Trinajstić information content (AvgIpc) is 3.10. The van der Waals surface area contributed by atoms with E-state index in [-0.39, 0.29) is 11.9 Å². The molecule has 1 amide bonds. The van der Waals surface area contributed by atoms with Crippen LogP contribution >= 0.6 is 11.6 Å². The smallest absolute Gasteiger partial charge is 0.220 e. The lowest BCUT2D eigenvalue weighted by Crippen LogP contribution is -2.30. The van der Waals surface area contributed by atoms with Crippen molar-refractivity contribution in [2.24, 2.45) is 0 Å². The highest BCUT2D eigenvalue weighted by molar-refractivity contribution is 6.17. The van der Waals surface area contributed by atoms with Gasteiger partial charge in [0.05, 0.1) is 5.69 Å². The standard InChI is InChI=1S/C14H20ClN5O/c1-3-20-14-13(9(2)18-20)17-11(6-7-15)19(14)8-10-4-5-12(21)16-10/h10H,3-8H2,1-2H3,(H,16,21). The van der Waals surface area contributed by atoms with Crippen molar-refractivity contribution >= 4 is 28.7 Å². The lowest BCUT2D eigenvalue weighted by atomic mass is 10.2. The maximum absolute atomic E-state index is 11.4. The predicted octanol–water partition coefficient (Wildman–Crippen LogP) is 1.62. The largest absolute Gasteiger partial charge is 0.352 e. The number of nitrogens with zero attached hydrogens (tertiary/aromatic N) is 4. The minimum atomic E-state index is 0.135. The lowest BCUT2D eigenvalue weighted by Gasteiger charge is -2.15. The van der Waals surface area contributed by atoms with E-state index < -0.39 is 0 Å². The molecule has 2 aromatic heterocycles. The van der Waals surface area contributed by atoms with Crippen LogP contribution in [0.4, 0.5) is 0 Å². The topological polar surface area (TPSA) is 64.7 Å². The minimum absolute atomic E-state index is 0.135. The van der Waals surface area contributed by atoms with Gasteiger partial charge in [0.15, 0.2) is 5.65 Å². The van der Waals surface area contributed by atoms with Gasteiger partial charge in [0, 0.05) is 37.9 Å². The monoisotopic (exact) mass is 309 g/mol. The lowest BCUT2D eigenvalue weighted by molar-refractivity contribution is -0.119. The summed E-state index contributed by atoms with van der Waals surface area (Å²) in [7, 11) is 0. The highest BCUT2D eigenvalue weighted by Gasteiger charge is 2.25. The number of carbonyl (C=O) groups is 1. The molecule has 1 aliphatic rings. The van der Waals surface area contributed by atoms with Crippen LogP contribution in [0.2, 0.25) is 0 Å². The Kier molecular flexibility index (Phi) is 3.89. The molecule has 6 nitrogen and oxygen atoms in total. The molecule has 3 rings (SSSR count). The molecule has 0 aliphatic carbocycles. The van der Waals surface area contributed by atoms with Gasteiger partial charge in [-0.2, -0.15) is 5.10 Å². The molecule has 0 saturated carbocycles. The summed E-state index contributed by atoms with van der Waals surface area (Å²) in [4.78, 5) is 16.1. The van der Waals surface area contributed by atoms with E-state index in [0.717, 1.165) is 48.6 Å². The van der Waals surface area contributed by atoms with Crippen LogP contribution in [-0.4, -0.2) is 37.2 Å². The first-order chi connectivity index (χ1) is 10.1. The molecule has 0 bridgehead atoms. The van der Waals surface area contributed by atoms with E-state index in [1.165, 1.54) is 0 Å². The molecule has 114 valence electrons. The van der Waals surface area contributed by atoms with Gasteiger partial charge < -0.3 is 9.88 Å². The van der Waals surface area contributed by atoms with Gasteiger partial charge >= 0.3 is 0 Å². The van der Waals surface area contributed by atoms with Crippen LogP contribution < -0.4 is 5.32 Å². The predicted molar refractivity (Wildman–Crippen MR) is 81.5 cm³/mol. The van der Waals surface area contributed by atoms with Crippen LogP contribution in [0.5, 0.6) is 0 Å². The van der Waals surface area contributed by atoms with Gasteiger partial charge in [-0.3, -0.25) is 4.79 Å². The molecule has 0 aromatic carbocycles. The van der Waals surface area contributed by atoms with Crippen LogP contribution in [0.3, 0.4) is 0 Å². The van der Waals surface area contributed by atoms with E-state index in [1.807, 2.05) is 11.6 Å². The van der Waals surface area contributed by atoms with Crippen LogP contribution in [0.25, 0.3) is 11.2 Å². The first-order valence-corrected chi connectivity index (χ1v) is 7.95. The van der Waals surface area contributed by atoms with Crippen molar-refractivity contribution in [3.8, 4) is 0 Å². The number of fused-ring (bicyclic) bond motifs is 1. The van der Waals surface area contributed by atoms with Gasteiger partial charge in [-0.15, -0.1) is 11.6 Å². The summed E-state index contributed by atoms with van der Waals surface area (Å²) < 4.78 is 4.16. The first kappa shape index (κ1) is 14.4. The molecule has 1 unspecified atom stereocenters. The normalized spacial score (nSPS) is 18.6. The fourth-order valence-corrected chi connectivity index (χ4v) is 3.16. The Morgan fingerprint density at radius 2 is 2.29 bits per heavy atom. The quantitative estimate of drug-likeness (QED) is 0.854. The Balaban J connectivity index is 2.04. The summed E-state index contributed by atoms with van der Waals surface area (Å²) in [5.74, 6) is 1.65. The van der Waals surface area contributed by atoms with Crippen LogP contribution in [0, 0.1) is 6.92 Å². The number of carbonyl (C=O) groups excluding carboxylic acids is 1. The third-order valence-corrected chi connectivity index (χ3v) is 4.17. The molecule has 2 aromatic rings. The molecule has 0 spiro atoms. The van der Waals surface area contributed by atoms with Gasteiger partial charge in [-0.05, 0) is 20.3 Å². The van der Waals surface area contributed by atoms with Crippen molar-refractivity contribution in [1.29, 1.82) is 0 Å². The fraction of sp³-hybridized carbons (Fsp3) is 0.643. The van der Waals surface area contributed by atoms with Crippen molar-refractivity contribution in [3.05, 3.63) is 11.5 Å². The van der Waals surface area contributed by atoms with Crippen LogP contribution in [0.15, 0.2) is 0 Å². The van der Waals surface area contributed by atoms with E-state index in [4.69, 9.17) is 16.6 Å². The third kappa shape index (κ3) is 2.52. The second-order valence-corrected chi connectivity index (χ2v) is 5.83. The molecule has 0 radical (unpaired) electrons. The molecular formula is C14H20ClN5O. The summed E-state index contributed by atoms with van der Waals surface area (Å²) in [5.41, 5.74) is 2.93.